The minimum Gasteiger partial charge on any atom is -0.375 e. The van der Waals surface area contributed by atoms with Crippen LogP contribution in [0.3, 0.4) is 0 Å². The number of nitrogen functional groups attached to an aromatic ring is 1. The van der Waals surface area contributed by atoms with E-state index >= 15 is 0 Å². The Morgan fingerprint density at radius 3 is 2.95 bits per heavy atom. The third-order valence-electron chi connectivity index (χ3n) is 2.38. The minimum absolute atomic E-state index is 0.448. The molecule has 2 N–H and O–H groups in total. The molecule has 0 amide bonds. The lowest BCUT2D eigenvalue weighted by Gasteiger charge is -1.93. The number of aromatic nitrogens is 5. The van der Waals surface area contributed by atoms with Crippen LogP contribution in [-0.2, 0) is 6.42 Å². The average molecular weight is 274 g/mol. The minimum atomic E-state index is 0.448. The number of hydrogen-bond acceptors (Lipinski definition) is 8. The van der Waals surface area contributed by atoms with Crippen molar-refractivity contribution < 1.29 is 4.52 Å². The molecule has 0 saturated heterocycles. The molecule has 0 aliphatic carbocycles. The Hall–Kier alpha value is -2.35. The van der Waals surface area contributed by atoms with E-state index in [0.717, 1.165) is 5.69 Å². The Labute approximate surface area is 112 Å². The fraction of sp³-hybridized carbons (Fsp3) is 0.182. The van der Waals surface area contributed by atoms with Gasteiger partial charge in [-0.25, -0.2) is 15.0 Å². The van der Waals surface area contributed by atoms with Crippen molar-refractivity contribution in [3.05, 3.63) is 35.1 Å². The molecule has 3 heterocycles. The third-order valence-corrected chi connectivity index (χ3v) is 3.10. The number of nitrogens with zero attached hydrogens (tertiary/aromatic N) is 5. The van der Waals surface area contributed by atoms with Crippen LogP contribution < -0.4 is 5.73 Å². The molecule has 0 saturated carbocycles. The van der Waals surface area contributed by atoms with E-state index < -0.39 is 0 Å². The zero-order chi connectivity index (χ0) is 13.2. The highest BCUT2D eigenvalue weighted by Gasteiger charge is 2.12. The molecule has 19 heavy (non-hydrogen) atoms. The van der Waals surface area contributed by atoms with E-state index in [1.54, 1.807) is 12.3 Å². The summed E-state index contributed by atoms with van der Waals surface area (Å²) in [6.07, 6.45) is 2.12. The zero-order valence-electron chi connectivity index (χ0n) is 10.1. The van der Waals surface area contributed by atoms with Crippen LogP contribution >= 0.6 is 11.3 Å². The standard InChI is InChI=1S/C11H10N6OS/c1-6-13-3-2-8(14-6)10-16-9(18-17-10)4-7-5-19-11(12)15-7/h2-3,5H,4H2,1H3,(H2,12,15). The van der Waals surface area contributed by atoms with Crippen molar-refractivity contribution in [3.63, 3.8) is 0 Å². The molecule has 0 atom stereocenters. The van der Waals surface area contributed by atoms with Crippen LogP contribution in [-0.4, -0.2) is 25.1 Å². The molecule has 0 aliphatic heterocycles. The Kier molecular flexibility index (Phi) is 2.92. The maximum atomic E-state index is 5.57. The smallest absolute Gasteiger partial charge is 0.233 e. The zero-order valence-corrected chi connectivity index (χ0v) is 10.9. The maximum absolute atomic E-state index is 5.57. The van der Waals surface area contributed by atoms with Crippen molar-refractivity contribution in [1.29, 1.82) is 0 Å². The fourth-order valence-corrected chi connectivity index (χ4v) is 2.13. The van der Waals surface area contributed by atoms with E-state index in [-0.39, 0.29) is 0 Å². The molecule has 3 rings (SSSR count). The molecule has 0 unspecified atom stereocenters. The van der Waals surface area contributed by atoms with Gasteiger partial charge in [0.15, 0.2) is 5.13 Å². The Morgan fingerprint density at radius 1 is 1.32 bits per heavy atom. The molecule has 3 aromatic heterocycles. The second-order valence-corrected chi connectivity index (χ2v) is 4.74. The Morgan fingerprint density at radius 2 is 2.21 bits per heavy atom. The summed E-state index contributed by atoms with van der Waals surface area (Å²) in [7, 11) is 0. The van der Waals surface area contributed by atoms with Crippen LogP contribution in [0, 0.1) is 6.92 Å². The van der Waals surface area contributed by atoms with Crippen molar-refractivity contribution in [2.24, 2.45) is 0 Å². The number of anilines is 1. The van der Waals surface area contributed by atoms with Gasteiger partial charge >= 0.3 is 0 Å². The van der Waals surface area contributed by atoms with E-state index in [2.05, 4.69) is 25.1 Å². The van der Waals surface area contributed by atoms with Gasteiger partial charge in [-0.2, -0.15) is 4.98 Å². The number of aryl methyl sites for hydroxylation is 1. The van der Waals surface area contributed by atoms with E-state index in [4.69, 9.17) is 10.3 Å². The summed E-state index contributed by atoms with van der Waals surface area (Å²) in [6, 6.07) is 1.74. The van der Waals surface area contributed by atoms with Crippen LogP contribution in [0.4, 0.5) is 5.13 Å². The lowest BCUT2D eigenvalue weighted by molar-refractivity contribution is 0.385. The average Bonchev–Trinajstić information content (AvgIpc) is 2.99. The monoisotopic (exact) mass is 274 g/mol. The van der Waals surface area contributed by atoms with Gasteiger partial charge < -0.3 is 10.3 Å². The van der Waals surface area contributed by atoms with Crippen molar-refractivity contribution >= 4 is 16.5 Å². The van der Waals surface area contributed by atoms with Gasteiger partial charge in [0.05, 0.1) is 12.1 Å². The predicted octanol–water partition coefficient (Wildman–Crippen LogP) is 1.46. The molecule has 3 aromatic rings. The maximum Gasteiger partial charge on any atom is 0.233 e. The van der Waals surface area contributed by atoms with Gasteiger partial charge in [0.1, 0.15) is 11.5 Å². The van der Waals surface area contributed by atoms with E-state index in [1.165, 1.54) is 11.3 Å². The van der Waals surface area contributed by atoms with Crippen LogP contribution in [0.15, 0.2) is 22.2 Å². The number of hydrogen-bond donors (Lipinski definition) is 1. The molecule has 7 nitrogen and oxygen atoms in total. The van der Waals surface area contributed by atoms with Crippen LogP contribution in [0.2, 0.25) is 0 Å². The summed E-state index contributed by atoms with van der Waals surface area (Å²) in [5, 5.41) is 6.30. The highest BCUT2D eigenvalue weighted by Crippen LogP contribution is 2.17. The molecule has 0 fully saturated rings. The second kappa shape index (κ2) is 4.73. The number of rotatable bonds is 3. The first kappa shape index (κ1) is 11.7. The molecule has 0 bridgehead atoms. The first-order chi connectivity index (χ1) is 9.20. The Bertz CT molecular complexity index is 707. The van der Waals surface area contributed by atoms with Crippen molar-refractivity contribution in [2.45, 2.75) is 13.3 Å². The van der Waals surface area contributed by atoms with Gasteiger partial charge in [0.2, 0.25) is 11.7 Å². The molecule has 0 spiro atoms. The van der Waals surface area contributed by atoms with Crippen LogP contribution in [0.25, 0.3) is 11.5 Å². The molecule has 0 aromatic carbocycles. The molecule has 96 valence electrons. The first-order valence-electron chi connectivity index (χ1n) is 5.53. The van der Waals surface area contributed by atoms with Gasteiger partial charge in [-0.15, -0.1) is 11.3 Å². The lowest BCUT2D eigenvalue weighted by atomic mass is 10.3. The van der Waals surface area contributed by atoms with E-state index in [9.17, 15) is 0 Å². The van der Waals surface area contributed by atoms with Gasteiger partial charge in [0.25, 0.3) is 0 Å². The number of thiazole rings is 1. The molecular formula is C11H10N6OS. The summed E-state index contributed by atoms with van der Waals surface area (Å²) in [5.74, 6) is 1.59. The largest absolute Gasteiger partial charge is 0.375 e. The van der Waals surface area contributed by atoms with Crippen LogP contribution in [0.1, 0.15) is 17.4 Å². The fourth-order valence-electron chi connectivity index (χ4n) is 1.57. The van der Waals surface area contributed by atoms with Gasteiger partial charge in [-0.3, -0.25) is 0 Å². The van der Waals surface area contributed by atoms with Crippen molar-refractivity contribution in [3.8, 4) is 11.5 Å². The SMILES string of the molecule is Cc1nccc(-c2noc(Cc3csc(N)n3)n2)n1. The summed E-state index contributed by atoms with van der Waals surface area (Å²) in [5.41, 5.74) is 7.02. The normalized spacial score (nSPS) is 10.8. The second-order valence-electron chi connectivity index (χ2n) is 3.85. The third kappa shape index (κ3) is 2.58. The molecule has 0 radical (unpaired) electrons. The summed E-state index contributed by atoms with van der Waals surface area (Å²) < 4.78 is 5.17. The molecule has 0 aliphatic rings. The quantitative estimate of drug-likeness (QED) is 0.771. The topological polar surface area (TPSA) is 104 Å². The summed E-state index contributed by atoms with van der Waals surface area (Å²) in [4.78, 5) is 16.7. The highest BCUT2D eigenvalue weighted by molar-refractivity contribution is 7.13. The van der Waals surface area contributed by atoms with Gasteiger partial charge in [0, 0.05) is 11.6 Å². The van der Waals surface area contributed by atoms with Crippen LogP contribution in [0.5, 0.6) is 0 Å². The van der Waals surface area contributed by atoms with Gasteiger partial charge in [-0.1, -0.05) is 5.16 Å². The van der Waals surface area contributed by atoms with E-state index in [1.807, 2.05) is 12.3 Å². The Balaban J connectivity index is 1.83. The molecular weight excluding hydrogens is 264 g/mol. The summed E-state index contributed by atoms with van der Waals surface area (Å²) in [6.45, 7) is 1.81. The van der Waals surface area contributed by atoms with Gasteiger partial charge in [-0.05, 0) is 13.0 Å². The lowest BCUT2D eigenvalue weighted by Crippen LogP contribution is -1.92. The van der Waals surface area contributed by atoms with E-state index in [0.29, 0.717) is 34.8 Å². The highest BCUT2D eigenvalue weighted by atomic mass is 32.1. The summed E-state index contributed by atoms with van der Waals surface area (Å²) >= 11 is 1.38. The molecule has 8 heteroatoms. The first-order valence-corrected chi connectivity index (χ1v) is 6.41. The number of nitrogens with two attached hydrogens (primary N) is 1. The van der Waals surface area contributed by atoms with Crippen molar-refractivity contribution in [2.75, 3.05) is 5.73 Å². The predicted molar refractivity (Wildman–Crippen MR) is 69.4 cm³/mol. The van der Waals surface area contributed by atoms with Crippen molar-refractivity contribution in [1.82, 2.24) is 25.1 Å².